The molecule has 0 bridgehead atoms. The maximum absolute atomic E-state index is 13.3. The van der Waals surface area contributed by atoms with Gasteiger partial charge in [0.25, 0.3) is 0 Å². The summed E-state index contributed by atoms with van der Waals surface area (Å²) in [6, 6.07) is 18.1. The average molecular weight is 428 g/mol. The van der Waals surface area contributed by atoms with E-state index in [4.69, 9.17) is 0 Å². The lowest BCUT2D eigenvalue weighted by atomic mass is 10.1. The van der Waals surface area contributed by atoms with Gasteiger partial charge in [0.15, 0.2) is 5.82 Å². The van der Waals surface area contributed by atoms with E-state index in [9.17, 15) is 22.0 Å². The molecular weight excluding hydrogens is 415 g/mol. The molecule has 3 aromatic carbocycles. The predicted octanol–water partition coefficient (Wildman–Crippen LogP) is 6.65. The van der Waals surface area contributed by atoms with Crippen molar-refractivity contribution in [1.82, 2.24) is 9.97 Å². The van der Waals surface area contributed by atoms with Crippen molar-refractivity contribution in [1.29, 1.82) is 0 Å². The number of hydrogen-bond donors (Lipinski definition) is 0. The molecule has 0 aliphatic rings. The van der Waals surface area contributed by atoms with Gasteiger partial charge >= 0.3 is 6.36 Å². The lowest BCUT2D eigenvalue weighted by Crippen LogP contribution is -2.17. The molecule has 0 aliphatic heterocycles. The van der Waals surface area contributed by atoms with Gasteiger partial charge in [0.2, 0.25) is 0 Å². The fourth-order valence-corrected chi connectivity index (χ4v) is 2.95. The first-order valence-corrected chi connectivity index (χ1v) is 9.04. The minimum atomic E-state index is -4.84. The van der Waals surface area contributed by atoms with Gasteiger partial charge in [-0.25, -0.2) is 18.7 Å². The summed E-state index contributed by atoms with van der Waals surface area (Å²) >= 11 is 0. The number of halogens is 5. The molecule has 0 amide bonds. The van der Waals surface area contributed by atoms with E-state index in [2.05, 4.69) is 14.7 Å². The van der Waals surface area contributed by atoms with Crippen LogP contribution in [-0.2, 0) is 0 Å². The number of benzene rings is 3. The molecule has 4 aromatic rings. The maximum atomic E-state index is 13.3. The van der Waals surface area contributed by atoms with Gasteiger partial charge in [0.05, 0.1) is 11.4 Å². The maximum Gasteiger partial charge on any atom is 0.573 e. The van der Waals surface area contributed by atoms with Crippen LogP contribution in [0.25, 0.3) is 33.9 Å². The van der Waals surface area contributed by atoms with Gasteiger partial charge in [-0.2, -0.15) is 0 Å². The van der Waals surface area contributed by atoms with Gasteiger partial charge in [-0.3, -0.25) is 0 Å². The van der Waals surface area contributed by atoms with Gasteiger partial charge in [-0.15, -0.1) is 13.2 Å². The highest BCUT2D eigenvalue weighted by Crippen LogP contribution is 2.30. The third kappa shape index (κ3) is 5.03. The summed E-state index contributed by atoms with van der Waals surface area (Å²) in [5, 5.41) is 0. The highest BCUT2D eigenvalue weighted by atomic mass is 19.4. The molecule has 31 heavy (non-hydrogen) atoms. The fraction of sp³-hybridized carbons (Fsp3) is 0.0435. The number of hydrogen-bond acceptors (Lipinski definition) is 3. The molecule has 1 aromatic heterocycles. The van der Waals surface area contributed by atoms with Crippen LogP contribution in [0, 0.1) is 11.6 Å². The molecule has 1 heterocycles. The fourth-order valence-electron chi connectivity index (χ4n) is 2.95. The predicted molar refractivity (Wildman–Crippen MR) is 105 cm³/mol. The minimum absolute atomic E-state index is 0.133. The topological polar surface area (TPSA) is 35.0 Å². The zero-order valence-corrected chi connectivity index (χ0v) is 15.7. The largest absolute Gasteiger partial charge is 0.573 e. The Morgan fingerprint density at radius 1 is 0.613 bits per heavy atom. The van der Waals surface area contributed by atoms with Crippen molar-refractivity contribution in [2.45, 2.75) is 6.36 Å². The first-order chi connectivity index (χ1) is 14.8. The second kappa shape index (κ2) is 8.14. The average Bonchev–Trinajstić information content (AvgIpc) is 2.73. The lowest BCUT2D eigenvalue weighted by molar-refractivity contribution is -0.274. The van der Waals surface area contributed by atoms with Gasteiger partial charge < -0.3 is 4.74 Å². The smallest absolute Gasteiger partial charge is 0.406 e. The van der Waals surface area contributed by atoms with Crippen LogP contribution in [0.4, 0.5) is 22.0 Å². The SMILES string of the molecule is Fc1ccc(-c2cc(-c3ccc(F)cc3)nc(-c3cccc(OC(F)(F)F)c3)n2)cc1. The molecule has 0 fully saturated rings. The number of nitrogens with zero attached hydrogens (tertiary/aromatic N) is 2. The molecule has 4 rings (SSSR count). The molecule has 0 saturated carbocycles. The van der Waals surface area contributed by atoms with Crippen LogP contribution >= 0.6 is 0 Å². The summed E-state index contributed by atoms with van der Waals surface area (Å²) in [5.74, 6) is -1.12. The van der Waals surface area contributed by atoms with E-state index >= 15 is 0 Å². The zero-order valence-electron chi connectivity index (χ0n) is 15.7. The van der Waals surface area contributed by atoms with Crippen LogP contribution in [0.2, 0.25) is 0 Å². The number of alkyl halides is 3. The number of rotatable bonds is 4. The Morgan fingerprint density at radius 3 is 1.61 bits per heavy atom. The Bertz CT molecular complexity index is 1140. The highest BCUT2D eigenvalue weighted by molar-refractivity contribution is 5.72. The van der Waals surface area contributed by atoms with Crippen molar-refractivity contribution in [3.8, 4) is 39.7 Å². The minimum Gasteiger partial charge on any atom is -0.406 e. The van der Waals surface area contributed by atoms with E-state index < -0.39 is 23.7 Å². The Labute approximate surface area is 173 Å². The third-order valence-electron chi connectivity index (χ3n) is 4.33. The van der Waals surface area contributed by atoms with Crippen molar-refractivity contribution >= 4 is 0 Å². The Hall–Kier alpha value is -3.81. The standard InChI is InChI=1S/C23H13F5N2O/c24-17-8-4-14(5-9-17)20-13-21(15-6-10-18(25)11-7-15)30-22(29-20)16-2-1-3-19(12-16)31-23(26,27)28/h1-13H. The molecule has 0 radical (unpaired) electrons. The summed E-state index contributed by atoms with van der Waals surface area (Å²) in [6.07, 6.45) is -4.84. The van der Waals surface area contributed by atoms with Crippen LogP contribution in [0.5, 0.6) is 5.75 Å². The summed E-state index contributed by atoms with van der Waals surface area (Å²) in [6.45, 7) is 0. The molecule has 0 spiro atoms. The summed E-state index contributed by atoms with van der Waals surface area (Å²) in [5.41, 5.74) is 2.29. The Balaban J connectivity index is 1.84. The third-order valence-corrected chi connectivity index (χ3v) is 4.33. The summed E-state index contributed by atoms with van der Waals surface area (Å²) in [4.78, 5) is 8.88. The molecule has 156 valence electrons. The van der Waals surface area contributed by atoms with Gasteiger partial charge in [0.1, 0.15) is 17.4 Å². The van der Waals surface area contributed by atoms with E-state index in [1.165, 1.54) is 66.7 Å². The molecule has 8 heteroatoms. The normalized spacial score (nSPS) is 11.4. The van der Waals surface area contributed by atoms with Crippen molar-refractivity contribution < 1.29 is 26.7 Å². The second-order valence-corrected chi connectivity index (χ2v) is 6.55. The first-order valence-electron chi connectivity index (χ1n) is 9.04. The molecule has 0 aliphatic carbocycles. The Morgan fingerprint density at radius 2 is 1.13 bits per heavy atom. The van der Waals surface area contributed by atoms with Crippen LogP contribution in [0.15, 0.2) is 78.9 Å². The molecule has 0 saturated heterocycles. The summed E-state index contributed by atoms with van der Waals surface area (Å²) in [7, 11) is 0. The van der Waals surface area contributed by atoms with Crippen molar-refractivity contribution in [3.05, 3.63) is 90.5 Å². The monoisotopic (exact) mass is 428 g/mol. The van der Waals surface area contributed by atoms with Gasteiger partial charge in [-0.05, 0) is 66.7 Å². The van der Waals surface area contributed by atoms with E-state index in [0.717, 1.165) is 0 Å². The van der Waals surface area contributed by atoms with Crippen LogP contribution < -0.4 is 4.74 Å². The van der Waals surface area contributed by atoms with E-state index in [0.29, 0.717) is 22.5 Å². The molecule has 0 atom stereocenters. The number of ether oxygens (including phenoxy) is 1. The second-order valence-electron chi connectivity index (χ2n) is 6.55. The van der Waals surface area contributed by atoms with Crippen LogP contribution in [-0.4, -0.2) is 16.3 Å². The van der Waals surface area contributed by atoms with Crippen molar-refractivity contribution in [2.24, 2.45) is 0 Å². The molecule has 0 N–H and O–H groups in total. The molecular formula is C23H13F5N2O. The van der Waals surface area contributed by atoms with Gasteiger partial charge in [-0.1, -0.05) is 12.1 Å². The van der Waals surface area contributed by atoms with E-state index in [1.54, 1.807) is 12.1 Å². The molecule has 0 unspecified atom stereocenters. The van der Waals surface area contributed by atoms with Crippen molar-refractivity contribution in [3.63, 3.8) is 0 Å². The zero-order chi connectivity index (χ0) is 22.0. The quantitative estimate of drug-likeness (QED) is 0.341. The van der Waals surface area contributed by atoms with Crippen molar-refractivity contribution in [2.75, 3.05) is 0 Å². The summed E-state index contributed by atoms with van der Waals surface area (Å²) < 4.78 is 68.4. The highest BCUT2D eigenvalue weighted by Gasteiger charge is 2.31. The lowest BCUT2D eigenvalue weighted by Gasteiger charge is -2.12. The van der Waals surface area contributed by atoms with Crippen LogP contribution in [0.3, 0.4) is 0 Å². The van der Waals surface area contributed by atoms with Gasteiger partial charge in [0, 0.05) is 16.7 Å². The van der Waals surface area contributed by atoms with E-state index in [-0.39, 0.29) is 11.4 Å². The molecule has 3 nitrogen and oxygen atoms in total. The Kier molecular flexibility index (Phi) is 5.37. The van der Waals surface area contributed by atoms with E-state index in [1.807, 2.05) is 0 Å². The number of aromatic nitrogens is 2. The first kappa shape index (κ1) is 20.5. The van der Waals surface area contributed by atoms with Crippen LogP contribution in [0.1, 0.15) is 0 Å².